The van der Waals surface area contributed by atoms with E-state index >= 15 is 0 Å². The van der Waals surface area contributed by atoms with Crippen LogP contribution in [-0.4, -0.2) is 23.3 Å². The summed E-state index contributed by atoms with van der Waals surface area (Å²) in [4.78, 5) is 30.8. The third-order valence-corrected chi connectivity index (χ3v) is 5.31. The number of anilines is 2. The summed E-state index contributed by atoms with van der Waals surface area (Å²) in [6, 6.07) is 5.38. The van der Waals surface area contributed by atoms with Crippen LogP contribution in [0.5, 0.6) is 0 Å². The summed E-state index contributed by atoms with van der Waals surface area (Å²) in [6.07, 6.45) is 1.38. The Morgan fingerprint density at radius 3 is 2.83 bits per heavy atom. The molecule has 2 aromatic rings. The van der Waals surface area contributed by atoms with Crippen LogP contribution < -0.4 is 10.2 Å². The van der Waals surface area contributed by atoms with Crippen LogP contribution in [0.25, 0.3) is 0 Å². The van der Waals surface area contributed by atoms with E-state index in [9.17, 15) is 9.59 Å². The summed E-state index contributed by atoms with van der Waals surface area (Å²) >= 11 is 7.32. The van der Waals surface area contributed by atoms with Crippen molar-refractivity contribution in [2.75, 3.05) is 16.8 Å². The second-order valence-electron chi connectivity index (χ2n) is 5.48. The monoisotopic (exact) mass is 349 g/mol. The molecule has 2 heterocycles. The Hall–Kier alpha value is -1.92. The maximum absolute atomic E-state index is 12.5. The molecule has 120 valence electrons. The van der Waals surface area contributed by atoms with E-state index in [2.05, 4.69) is 10.3 Å². The molecule has 23 heavy (non-hydrogen) atoms. The number of hydrogen-bond acceptors (Lipinski definition) is 4. The van der Waals surface area contributed by atoms with Crippen LogP contribution in [0.15, 0.2) is 18.2 Å². The highest BCUT2D eigenvalue weighted by atomic mass is 35.5. The van der Waals surface area contributed by atoms with Gasteiger partial charge >= 0.3 is 0 Å². The van der Waals surface area contributed by atoms with Gasteiger partial charge in [-0.2, -0.15) is 0 Å². The van der Waals surface area contributed by atoms with Crippen molar-refractivity contribution in [1.82, 2.24) is 4.98 Å². The number of rotatable bonds is 3. The first-order valence-electron chi connectivity index (χ1n) is 7.31. The van der Waals surface area contributed by atoms with E-state index in [1.165, 1.54) is 11.3 Å². The molecule has 0 unspecified atom stereocenters. The van der Waals surface area contributed by atoms with Crippen molar-refractivity contribution in [2.24, 2.45) is 0 Å². The standard InChI is InChI=1S/C16H16ClN3O2S/c1-9-5-6-11(8-12(9)17)19-15(22)14-10(2)18-16(23-14)20-7-3-4-13(20)21/h5-6,8H,3-4,7H2,1-2H3,(H,19,22). The number of hydrogen-bond donors (Lipinski definition) is 1. The van der Waals surface area contributed by atoms with Crippen molar-refractivity contribution in [1.29, 1.82) is 0 Å². The number of nitrogens with zero attached hydrogens (tertiary/aromatic N) is 2. The minimum atomic E-state index is -0.238. The van der Waals surface area contributed by atoms with Crippen LogP contribution in [0.1, 0.15) is 33.8 Å². The molecule has 7 heteroatoms. The fourth-order valence-corrected chi connectivity index (χ4v) is 3.60. The molecule has 0 atom stereocenters. The molecule has 0 aliphatic carbocycles. The molecule has 1 fully saturated rings. The predicted octanol–water partition coefficient (Wildman–Crippen LogP) is 3.79. The molecule has 1 aromatic carbocycles. The summed E-state index contributed by atoms with van der Waals surface area (Å²) < 4.78 is 0. The van der Waals surface area contributed by atoms with E-state index in [1.54, 1.807) is 24.0 Å². The number of benzene rings is 1. The molecule has 1 aliphatic rings. The Bertz CT molecular complexity index is 788. The highest BCUT2D eigenvalue weighted by Gasteiger charge is 2.26. The number of carbonyl (C=O) groups excluding carboxylic acids is 2. The van der Waals surface area contributed by atoms with Gasteiger partial charge in [-0.25, -0.2) is 4.98 Å². The maximum Gasteiger partial charge on any atom is 0.267 e. The predicted molar refractivity (Wildman–Crippen MR) is 92.6 cm³/mol. The maximum atomic E-state index is 12.5. The summed E-state index contributed by atoms with van der Waals surface area (Å²) in [5, 5.41) is 4.02. The van der Waals surface area contributed by atoms with Gasteiger partial charge < -0.3 is 5.32 Å². The number of aromatic nitrogens is 1. The molecule has 3 rings (SSSR count). The van der Waals surface area contributed by atoms with Gasteiger partial charge in [-0.15, -0.1) is 0 Å². The van der Waals surface area contributed by atoms with Gasteiger partial charge in [-0.05, 0) is 38.0 Å². The Labute approximate surface area is 143 Å². The van der Waals surface area contributed by atoms with Crippen LogP contribution in [-0.2, 0) is 4.79 Å². The van der Waals surface area contributed by atoms with Gasteiger partial charge in [-0.3, -0.25) is 14.5 Å². The molecule has 1 N–H and O–H groups in total. The van der Waals surface area contributed by atoms with E-state index in [0.29, 0.717) is 39.4 Å². The zero-order chi connectivity index (χ0) is 16.6. The zero-order valence-electron chi connectivity index (χ0n) is 12.9. The number of thiazole rings is 1. The minimum Gasteiger partial charge on any atom is -0.321 e. The van der Waals surface area contributed by atoms with Gasteiger partial charge in [0, 0.05) is 23.7 Å². The highest BCUT2D eigenvalue weighted by molar-refractivity contribution is 7.18. The highest BCUT2D eigenvalue weighted by Crippen LogP contribution is 2.30. The van der Waals surface area contributed by atoms with Crippen molar-refractivity contribution in [3.05, 3.63) is 39.4 Å². The molecule has 0 bridgehead atoms. The summed E-state index contributed by atoms with van der Waals surface area (Å²) in [5.74, 6) is -0.172. The van der Waals surface area contributed by atoms with E-state index in [4.69, 9.17) is 11.6 Å². The first-order chi connectivity index (χ1) is 11.0. The summed E-state index contributed by atoms with van der Waals surface area (Å²) in [7, 11) is 0. The fraction of sp³-hybridized carbons (Fsp3) is 0.312. The Balaban J connectivity index is 1.80. The largest absolute Gasteiger partial charge is 0.321 e. The number of halogens is 1. The molecule has 0 saturated carbocycles. The fourth-order valence-electron chi connectivity index (χ4n) is 2.42. The Morgan fingerprint density at radius 1 is 1.39 bits per heavy atom. The third-order valence-electron chi connectivity index (χ3n) is 3.73. The van der Waals surface area contributed by atoms with Gasteiger partial charge in [-0.1, -0.05) is 29.0 Å². The lowest BCUT2D eigenvalue weighted by atomic mass is 10.2. The number of carbonyl (C=O) groups is 2. The second-order valence-corrected chi connectivity index (χ2v) is 6.86. The Kier molecular flexibility index (Phi) is 4.37. The lowest BCUT2D eigenvalue weighted by Gasteiger charge is -2.10. The van der Waals surface area contributed by atoms with Gasteiger partial charge in [0.15, 0.2) is 5.13 Å². The average Bonchev–Trinajstić information content (AvgIpc) is 3.08. The molecule has 0 radical (unpaired) electrons. The SMILES string of the molecule is Cc1ccc(NC(=O)c2sc(N3CCCC3=O)nc2C)cc1Cl. The lowest BCUT2D eigenvalue weighted by Crippen LogP contribution is -2.23. The van der Waals surface area contributed by atoms with Gasteiger partial charge in [0.25, 0.3) is 5.91 Å². The normalized spacial score (nSPS) is 14.4. The van der Waals surface area contributed by atoms with Gasteiger partial charge in [0.05, 0.1) is 5.69 Å². The quantitative estimate of drug-likeness (QED) is 0.916. The van der Waals surface area contributed by atoms with Crippen molar-refractivity contribution in [3.8, 4) is 0 Å². The molecule has 0 spiro atoms. The molecular weight excluding hydrogens is 334 g/mol. The van der Waals surface area contributed by atoms with Crippen molar-refractivity contribution >= 4 is 45.6 Å². The molecule has 1 saturated heterocycles. The number of amides is 2. The van der Waals surface area contributed by atoms with Crippen LogP contribution >= 0.6 is 22.9 Å². The number of aryl methyl sites for hydroxylation is 2. The summed E-state index contributed by atoms with van der Waals surface area (Å²) in [5.41, 5.74) is 2.21. The van der Waals surface area contributed by atoms with Crippen molar-refractivity contribution in [2.45, 2.75) is 26.7 Å². The van der Waals surface area contributed by atoms with E-state index < -0.39 is 0 Å². The van der Waals surface area contributed by atoms with E-state index in [0.717, 1.165) is 12.0 Å². The minimum absolute atomic E-state index is 0.0658. The first-order valence-corrected chi connectivity index (χ1v) is 8.50. The number of nitrogens with one attached hydrogen (secondary N) is 1. The third kappa shape index (κ3) is 3.23. The van der Waals surface area contributed by atoms with Crippen molar-refractivity contribution < 1.29 is 9.59 Å². The van der Waals surface area contributed by atoms with Gasteiger partial charge in [0.2, 0.25) is 5.91 Å². The second kappa shape index (κ2) is 6.29. The zero-order valence-corrected chi connectivity index (χ0v) is 14.4. The first kappa shape index (κ1) is 16.0. The molecule has 1 aliphatic heterocycles. The topological polar surface area (TPSA) is 62.3 Å². The van der Waals surface area contributed by atoms with E-state index in [-0.39, 0.29) is 11.8 Å². The molecule has 5 nitrogen and oxygen atoms in total. The van der Waals surface area contributed by atoms with Crippen LogP contribution in [0.3, 0.4) is 0 Å². The molecule has 2 amide bonds. The average molecular weight is 350 g/mol. The van der Waals surface area contributed by atoms with Crippen molar-refractivity contribution in [3.63, 3.8) is 0 Å². The van der Waals surface area contributed by atoms with Gasteiger partial charge in [0.1, 0.15) is 4.88 Å². The summed E-state index contributed by atoms with van der Waals surface area (Å²) in [6.45, 7) is 4.35. The molecule has 1 aromatic heterocycles. The molecular formula is C16H16ClN3O2S. The Morgan fingerprint density at radius 2 is 2.17 bits per heavy atom. The van der Waals surface area contributed by atoms with Crippen LogP contribution in [0, 0.1) is 13.8 Å². The smallest absolute Gasteiger partial charge is 0.267 e. The van der Waals surface area contributed by atoms with Crippen LogP contribution in [0.4, 0.5) is 10.8 Å². The van der Waals surface area contributed by atoms with Crippen LogP contribution in [0.2, 0.25) is 5.02 Å². The lowest BCUT2D eigenvalue weighted by molar-refractivity contribution is -0.117. The van der Waals surface area contributed by atoms with E-state index in [1.807, 2.05) is 13.0 Å².